The van der Waals surface area contributed by atoms with Crippen molar-refractivity contribution in [3.63, 3.8) is 0 Å². The van der Waals surface area contributed by atoms with Gasteiger partial charge in [0, 0.05) is 17.3 Å². The maximum absolute atomic E-state index is 11.8. The van der Waals surface area contributed by atoms with E-state index in [-0.39, 0.29) is 23.3 Å². The zero-order valence-electron chi connectivity index (χ0n) is 12.3. The summed E-state index contributed by atoms with van der Waals surface area (Å²) in [6.45, 7) is 0.570. The molecule has 1 aromatic carbocycles. The molecular weight excluding hydrogens is 342 g/mol. The van der Waals surface area contributed by atoms with E-state index in [9.17, 15) is 13.2 Å². The molecule has 7 heteroatoms. The van der Waals surface area contributed by atoms with Crippen molar-refractivity contribution in [2.75, 3.05) is 23.8 Å². The maximum Gasteiger partial charge on any atom is 0.230 e. The SMILES string of the molecule is O=C(CSCc1ccccc1Cl)NCC1CCS(=O)(=O)CC1. The summed E-state index contributed by atoms with van der Waals surface area (Å²) in [7, 11) is -2.83. The molecule has 0 aromatic heterocycles. The fraction of sp³-hybridized carbons (Fsp3) is 0.533. The number of amides is 1. The van der Waals surface area contributed by atoms with Crippen LogP contribution in [0.25, 0.3) is 0 Å². The third kappa shape index (κ3) is 5.82. The molecule has 0 saturated carbocycles. The number of carbonyl (C=O) groups excluding carboxylic acids is 1. The van der Waals surface area contributed by atoms with Crippen LogP contribution in [0.15, 0.2) is 24.3 Å². The van der Waals surface area contributed by atoms with Gasteiger partial charge in [0.25, 0.3) is 0 Å². The first-order chi connectivity index (χ1) is 10.5. The number of thioether (sulfide) groups is 1. The highest BCUT2D eigenvalue weighted by Gasteiger charge is 2.23. The molecule has 1 aliphatic rings. The summed E-state index contributed by atoms with van der Waals surface area (Å²) in [5, 5.41) is 3.61. The molecule has 1 fully saturated rings. The Kier molecular flexibility index (Phi) is 6.59. The highest BCUT2D eigenvalue weighted by atomic mass is 35.5. The Bertz CT molecular complexity index is 605. The third-order valence-electron chi connectivity index (χ3n) is 3.71. The smallest absolute Gasteiger partial charge is 0.230 e. The van der Waals surface area contributed by atoms with Gasteiger partial charge in [0.1, 0.15) is 9.84 Å². The summed E-state index contributed by atoms with van der Waals surface area (Å²) >= 11 is 7.58. The molecule has 1 heterocycles. The zero-order valence-corrected chi connectivity index (χ0v) is 14.6. The Morgan fingerprint density at radius 1 is 1.27 bits per heavy atom. The number of rotatable bonds is 6. The Morgan fingerprint density at radius 3 is 2.64 bits per heavy atom. The Labute approximate surface area is 140 Å². The summed E-state index contributed by atoms with van der Waals surface area (Å²) in [5.41, 5.74) is 1.03. The molecule has 1 amide bonds. The molecule has 1 aromatic rings. The van der Waals surface area contributed by atoms with Crippen LogP contribution in [0.5, 0.6) is 0 Å². The second-order valence-electron chi connectivity index (χ2n) is 5.48. The van der Waals surface area contributed by atoms with E-state index in [4.69, 9.17) is 11.6 Å². The molecule has 2 rings (SSSR count). The van der Waals surface area contributed by atoms with Gasteiger partial charge in [-0.2, -0.15) is 0 Å². The van der Waals surface area contributed by atoms with Gasteiger partial charge in [0.05, 0.1) is 17.3 Å². The second kappa shape index (κ2) is 8.22. The molecule has 0 spiro atoms. The van der Waals surface area contributed by atoms with E-state index >= 15 is 0 Å². The fourth-order valence-electron chi connectivity index (χ4n) is 2.32. The number of hydrogen-bond acceptors (Lipinski definition) is 4. The van der Waals surface area contributed by atoms with Crippen LogP contribution in [-0.2, 0) is 20.4 Å². The van der Waals surface area contributed by atoms with Crippen LogP contribution >= 0.6 is 23.4 Å². The van der Waals surface area contributed by atoms with Gasteiger partial charge in [-0.3, -0.25) is 4.79 Å². The predicted octanol–water partition coefficient (Wildman–Crippen LogP) is 2.51. The summed E-state index contributed by atoms with van der Waals surface area (Å²) in [6.07, 6.45) is 1.30. The molecule has 0 radical (unpaired) electrons. The van der Waals surface area contributed by atoms with Crippen molar-refractivity contribution in [3.05, 3.63) is 34.9 Å². The lowest BCUT2D eigenvalue weighted by Crippen LogP contribution is -2.34. The van der Waals surface area contributed by atoms with E-state index in [1.165, 1.54) is 11.8 Å². The van der Waals surface area contributed by atoms with Crippen molar-refractivity contribution < 1.29 is 13.2 Å². The van der Waals surface area contributed by atoms with Crippen LogP contribution in [0.3, 0.4) is 0 Å². The average Bonchev–Trinajstić information content (AvgIpc) is 2.48. The first kappa shape index (κ1) is 17.6. The van der Waals surface area contributed by atoms with E-state index in [0.29, 0.717) is 30.9 Å². The van der Waals surface area contributed by atoms with E-state index < -0.39 is 9.84 Å². The van der Waals surface area contributed by atoms with Gasteiger partial charge >= 0.3 is 0 Å². The number of sulfone groups is 1. The Morgan fingerprint density at radius 2 is 1.95 bits per heavy atom. The van der Waals surface area contributed by atoms with Crippen molar-refractivity contribution in [1.82, 2.24) is 5.32 Å². The maximum atomic E-state index is 11.8. The normalized spacial score (nSPS) is 18.0. The largest absolute Gasteiger partial charge is 0.355 e. The lowest BCUT2D eigenvalue weighted by Gasteiger charge is -2.22. The molecule has 0 unspecified atom stereocenters. The number of hydrogen-bond donors (Lipinski definition) is 1. The van der Waals surface area contributed by atoms with Crippen LogP contribution in [0.1, 0.15) is 18.4 Å². The standard InChI is InChI=1S/C15H20ClNO3S2/c16-14-4-2-1-3-13(14)10-21-11-15(18)17-9-12-5-7-22(19,20)8-6-12/h1-4,12H,5-11H2,(H,17,18). The fourth-order valence-corrected chi connectivity index (χ4v) is 5.05. The minimum Gasteiger partial charge on any atom is -0.355 e. The summed E-state index contributed by atoms with van der Waals surface area (Å²) in [5.74, 6) is 1.85. The quantitative estimate of drug-likeness (QED) is 0.845. The van der Waals surface area contributed by atoms with Gasteiger partial charge in [-0.25, -0.2) is 8.42 Å². The predicted molar refractivity (Wildman–Crippen MR) is 92.0 cm³/mol. The second-order valence-corrected chi connectivity index (χ2v) is 9.18. The number of nitrogens with one attached hydrogen (secondary N) is 1. The number of carbonyl (C=O) groups is 1. The van der Waals surface area contributed by atoms with Gasteiger partial charge in [0.15, 0.2) is 0 Å². The molecule has 1 N–H and O–H groups in total. The van der Waals surface area contributed by atoms with Crippen LogP contribution in [0.2, 0.25) is 5.02 Å². The summed E-state index contributed by atoms with van der Waals surface area (Å²) in [6, 6.07) is 7.61. The Balaban J connectivity index is 1.63. The van der Waals surface area contributed by atoms with E-state index in [1.54, 1.807) is 0 Å². The summed E-state index contributed by atoms with van der Waals surface area (Å²) < 4.78 is 22.7. The first-order valence-electron chi connectivity index (χ1n) is 7.24. The third-order valence-corrected chi connectivity index (χ3v) is 6.78. The lowest BCUT2D eigenvalue weighted by atomic mass is 10.0. The van der Waals surface area contributed by atoms with Crippen molar-refractivity contribution in [2.24, 2.45) is 5.92 Å². The number of benzene rings is 1. The van der Waals surface area contributed by atoms with Gasteiger partial charge in [-0.15, -0.1) is 11.8 Å². The van der Waals surface area contributed by atoms with Crippen molar-refractivity contribution >= 4 is 39.1 Å². The molecule has 22 heavy (non-hydrogen) atoms. The topological polar surface area (TPSA) is 63.2 Å². The van der Waals surface area contributed by atoms with Crippen molar-refractivity contribution in [1.29, 1.82) is 0 Å². The molecular formula is C15H20ClNO3S2. The summed E-state index contributed by atoms with van der Waals surface area (Å²) in [4.78, 5) is 11.8. The van der Waals surface area contributed by atoms with Crippen LogP contribution < -0.4 is 5.32 Å². The molecule has 4 nitrogen and oxygen atoms in total. The molecule has 0 aliphatic carbocycles. The van der Waals surface area contributed by atoms with E-state index in [2.05, 4.69) is 5.32 Å². The van der Waals surface area contributed by atoms with Gasteiger partial charge in [0.2, 0.25) is 5.91 Å². The van der Waals surface area contributed by atoms with Gasteiger partial charge in [-0.1, -0.05) is 29.8 Å². The zero-order chi connectivity index (χ0) is 16.0. The number of halogens is 1. The molecule has 122 valence electrons. The average molecular weight is 362 g/mol. The highest BCUT2D eigenvalue weighted by Crippen LogP contribution is 2.21. The van der Waals surface area contributed by atoms with Crippen molar-refractivity contribution in [2.45, 2.75) is 18.6 Å². The minimum absolute atomic E-state index is 0.00881. The lowest BCUT2D eigenvalue weighted by molar-refractivity contribution is -0.118. The van der Waals surface area contributed by atoms with E-state index in [0.717, 1.165) is 10.6 Å². The van der Waals surface area contributed by atoms with Crippen molar-refractivity contribution in [3.8, 4) is 0 Å². The van der Waals surface area contributed by atoms with Crippen LogP contribution in [0, 0.1) is 5.92 Å². The highest BCUT2D eigenvalue weighted by molar-refractivity contribution is 7.99. The monoisotopic (exact) mass is 361 g/mol. The Hall–Kier alpha value is -0.720. The van der Waals surface area contributed by atoms with Gasteiger partial charge in [-0.05, 0) is 30.4 Å². The molecule has 1 aliphatic heterocycles. The molecule has 1 saturated heterocycles. The molecule has 0 bridgehead atoms. The molecule has 0 atom stereocenters. The first-order valence-corrected chi connectivity index (χ1v) is 10.6. The van der Waals surface area contributed by atoms with Crippen LogP contribution in [0.4, 0.5) is 0 Å². The van der Waals surface area contributed by atoms with E-state index in [1.807, 2.05) is 24.3 Å². The minimum atomic E-state index is -2.83. The van der Waals surface area contributed by atoms with Gasteiger partial charge < -0.3 is 5.32 Å². The van der Waals surface area contributed by atoms with Crippen LogP contribution in [-0.4, -0.2) is 38.1 Å².